The van der Waals surface area contributed by atoms with Crippen LogP contribution in [0.25, 0.3) is 0 Å². The highest BCUT2D eigenvalue weighted by atomic mass is 79.9. The largest absolute Gasteiger partial charge is 0.453 e. The fourth-order valence-electron chi connectivity index (χ4n) is 2.18. The predicted octanol–water partition coefficient (Wildman–Crippen LogP) is 3.49. The first kappa shape index (κ1) is 19.3. The van der Waals surface area contributed by atoms with Gasteiger partial charge in [-0.05, 0) is 28.1 Å². The molecule has 27 heavy (non-hydrogen) atoms. The average Bonchev–Trinajstić information content (AvgIpc) is 3.10. The van der Waals surface area contributed by atoms with Crippen LogP contribution >= 0.6 is 27.3 Å². The van der Waals surface area contributed by atoms with Gasteiger partial charge in [0.15, 0.2) is 16.7 Å². The van der Waals surface area contributed by atoms with Crippen molar-refractivity contribution in [3.05, 3.63) is 58.1 Å². The van der Waals surface area contributed by atoms with E-state index in [1.54, 1.807) is 11.6 Å². The van der Waals surface area contributed by atoms with Crippen LogP contribution in [0.1, 0.15) is 5.69 Å². The van der Waals surface area contributed by atoms with Crippen molar-refractivity contribution in [2.24, 2.45) is 0 Å². The van der Waals surface area contributed by atoms with E-state index in [1.807, 2.05) is 36.4 Å². The lowest BCUT2D eigenvalue weighted by atomic mass is 10.3. The third-order valence-electron chi connectivity index (χ3n) is 3.34. The van der Waals surface area contributed by atoms with Crippen LogP contribution in [0.15, 0.2) is 52.4 Å². The van der Waals surface area contributed by atoms with E-state index in [4.69, 9.17) is 9.84 Å². The van der Waals surface area contributed by atoms with Crippen LogP contribution in [0.2, 0.25) is 0 Å². The number of para-hydroxylation sites is 1. The molecular formula is C18H17BrN4O3S. The number of anilines is 2. The Balaban J connectivity index is 1.71. The van der Waals surface area contributed by atoms with Crippen molar-refractivity contribution in [2.75, 3.05) is 18.5 Å². The summed E-state index contributed by atoms with van der Waals surface area (Å²) in [5.41, 5.74) is 0.639. The summed E-state index contributed by atoms with van der Waals surface area (Å²) in [4.78, 5) is 20.5. The Labute approximate surface area is 168 Å². The maximum Gasteiger partial charge on any atom is 0.226 e. The second-order valence-electron chi connectivity index (χ2n) is 5.43. The molecule has 0 saturated heterocycles. The summed E-state index contributed by atoms with van der Waals surface area (Å²) >= 11 is 4.77. The van der Waals surface area contributed by atoms with Gasteiger partial charge < -0.3 is 20.5 Å². The van der Waals surface area contributed by atoms with Gasteiger partial charge in [-0.2, -0.15) is 0 Å². The molecule has 3 N–H and O–H groups in total. The van der Waals surface area contributed by atoms with E-state index in [0.29, 0.717) is 28.1 Å². The standard InChI is InChI=1S/C18H17BrN4O3S/c19-12-8-15(26-14-4-2-1-3-5-14)17(21-10-12)23-18-22-13(11-27-18)9-16(25)20-6-7-24/h1-5,8,10-11,24H,6-7,9H2,(H,20,25)(H,21,22,23). The molecule has 9 heteroatoms. The number of hydrogen-bond acceptors (Lipinski definition) is 7. The molecule has 0 unspecified atom stereocenters. The van der Waals surface area contributed by atoms with E-state index in [1.165, 1.54) is 11.3 Å². The van der Waals surface area contributed by atoms with Gasteiger partial charge in [-0.3, -0.25) is 4.79 Å². The molecule has 3 aromatic rings. The monoisotopic (exact) mass is 448 g/mol. The minimum Gasteiger partial charge on any atom is -0.453 e. The van der Waals surface area contributed by atoms with Crippen molar-refractivity contribution in [2.45, 2.75) is 6.42 Å². The number of rotatable bonds is 8. The van der Waals surface area contributed by atoms with E-state index in [2.05, 4.69) is 36.5 Å². The summed E-state index contributed by atoms with van der Waals surface area (Å²) in [5, 5.41) is 16.9. The average molecular weight is 449 g/mol. The topological polar surface area (TPSA) is 96.4 Å². The highest BCUT2D eigenvalue weighted by molar-refractivity contribution is 9.10. The van der Waals surface area contributed by atoms with Crippen molar-refractivity contribution in [3.63, 3.8) is 0 Å². The Morgan fingerprint density at radius 2 is 2.11 bits per heavy atom. The van der Waals surface area contributed by atoms with Crippen molar-refractivity contribution in [1.29, 1.82) is 0 Å². The molecule has 0 bridgehead atoms. The molecule has 0 aliphatic heterocycles. The third kappa shape index (κ3) is 5.75. The summed E-state index contributed by atoms with van der Waals surface area (Å²) in [5.74, 6) is 1.58. The van der Waals surface area contributed by atoms with Crippen LogP contribution in [-0.4, -0.2) is 34.1 Å². The number of nitrogens with zero attached hydrogens (tertiary/aromatic N) is 2. The Morgan fingerprint density at radius 1 is 1.30 bits per heavy atom. The summed E-state index contributed by atoms with van der Waals surface area (Å²) in [7, 11) is 0. The van der Waals surface area contributed by atoms with Crippen LogP contribution in [-0.2, 0) is 11.2 Å². The molecular weight excluding hydrogens is 432 g/mol. The first-order valence-corrected chi connectivity index (χ1v) is 9.79. The number of pyridine rings is 1. The first-order chi connectivity index (χ1) is 13.1. The zero-order valence-corrected chi connectivity index (χ0v) is 16.6. The number of aliphatic hydroxyl groups is 1. The number of aliphatic hydroxyl groups excluding tert-OH is 1. The second kappa shape index (κ2) is 9.45. The Kier molecular flexibility index (Phi) is 6.74. The van der Waals surface area contributed by atoms with Crippen molar-refractivity contribution < 1.29 is 14.6 Å². The highest BCUT2D eigenvalue weighted by Crippen LogP contribution is 2.33. The first-order valence-electron chi connectivity index (χ1n) is 8.11. The number of benzene rings is 1. The van der Waals surface area contributed by atoms with Gasteiger partial charge in [-0.25, -0.2) is 9.97 Å². The molecule has 0 aliphatic rings. The van der Waals surface area contributed by atoms with Crippen LogP contribution < -0.4 is 15.4 Å². The Bertz CT molecular complexity index is 905. The van der Waals surface area contributed by atoms with Gasteiger partial charge in [0.05, 0.1) is 18.7 Å². The van der Waals surface area contributed by atoms with E-state index >= 15 is 0 Å². The molecule has 0 radical (unpaired) electrons. The number of nitrogens with one attached hydrogen (secondary N) is 2. The van der Waals surface area contributed by atoms with Gasteiger partial charge in [-0.1, -0.05) is 18.2 Å². The summed E-state index contributed by atoms with van der Waals surface area (Å²) in [6.07, 6.45) is 1.82. The molecule has 0 saturated carbocycles. The zero-order valence-electron chi connectivity index (χ0n) is 14.2. The smallest absolute Gasteiger partial charge is 0.226 e. The normalized spacial score (nSPS) is 10.4. The fourth-order valence-corrected chi connectivity index (χ4v) is 3.20. The minimum atomic E-state index is -0.184. The van der Waals surface area contributed by atoms with Crippen molar-refractivity contribution >= 4 is 44.1 Å². The number of halogens is 1. The molecule has 1 amide bonds. The molecule has 7 nitrogen and oxygen atoms in total. The second-order valence-corrected chi connectivity index (χ2v) is 7.21. The number of hydrogen-bond donors (Lipinski definition) is 3. The van der Waals surface area contributed by atoms with Gasteiger partial charge in [0.2, 0.25) is 5.91 Å². The van der Waals surface area contributed by atoms with Crippen LogP contribution in [0.3, 0.4) is 0 Å². The predicted molar refractivity (Wildman–Crippen MR) is 108 cm³/mol. The molecule has 0 spiro atoms. The van der Waals surface area contributed by atoms with E-state index < -0.39 is 0 Å². The zero-order chi connectivity index (χ0) is 19.1. The van der Waals surface area contributed by atoms with Crippen LogP contribution in [0, 0.1) is 0 Å². The summed E-state index contributed by atoms with van der Waals surface area (Å²) in [6.45, 7) is 0.145. The fraction of sp³-hybridized carbons (Fsp3) is 0.167. The van der Waals surface area contributed by atoms with Crippen molar-refractivity contribution in [1.82, 2.24) is 15.3 Å². The molecule has 2 heterocycles. The summed E-state index contributed by atoms with van der Waals surface area (Å²) < 4.78 is 6.70. The maximum absolute atomic E-state index is 11.7. The molecule has 140 valence electrons. The van der Waals surface area contributed by atoms with Gasteiger partial charge in [-0.15, -0.1) is 11.3 Å². The molecule has 1 aromatic carbocycles. The molecule has 0 aliphatic carbocycles. The van der Waals surface area contributed by atoms with E-state index in [9.17, 15) is 4.79 Å². The van der Waals surface area contributed by atoms with Gasteiger partial charge in [0.1, 0.15) is 5.75 Å². The maximum atomic E-state index is 11.7. The Morgan fingerprint density at radius 3 is 2.89 bits per heavy atom. The lowest BCUT2D eigenvalue weighted by molar-refractivity contribution is -0.120. The van der Waals surface area contributed by atoms with E-state index in [-0.39, 0.29) is 25.5 Å². The van der Waals surface area contributed by atoms with Crippen molar-refractivity contribution in [3.8, 4) is 11.5 Å². The number of aromatic nitrogens is 2. The number of thiazole rings is 1. The highest BCUT2D eigenvalue weighted by Gasteiger charge is 2.12. The SMILES string of the molecule is O=C(Cc1csc(Nc2ncc(Br)cc2Oc2ccccc2)n1)NCCO. The number of amides is 1. The minimum absolute atomic E-state index is 0.0883. The molecule has 2 aromatic heterocycles. The summed E-state index contributed by atoms with van der Waals surface area (Å²) in [6, 6.07) is 11.2. The van der Waals surface area contributed by atoms with Crippen LogP contribution in [0.5, 0.6) is 11.5 Å². The lowest BCUT2D eigenvalue weighted by Gasteiger charge is -2.11. The lowest BCUT2D eigenvalue weighted by Crippen LogP contribution is -2.27. The quantitative estimate of drug-likeness (QED) is 0.487. The number of ether oxygens (including phenoxy) is 1. The molecule has 0 fully saturated rings. The number of carbonyl (C=O) groups excluding carboxylic acids is 1. The Hall–Kier alpha value is -2.49. The molecule has 3 rings (SSSR count). The van der Waals surface area contributed by atoms with Gasteiger partial charge >= 0.3 is 0 Å². The molecule has 0 atom stereocenters. The van der Waals surface area contributed by atoms with Crippen LogP contribution in [0.4, 0.5) is 10.9 Å². The third-order valence-corrected chi connectivity index (χ3v) is 4.58. The number of carbonyl (C=O) groups is 1. The van der Waals surface area contributed by atoms with E-state index in [0.717, 1.165) is 4.47 Å². The van der Waals surface area contributed by atoms with Gasteiger partial charge in [0, 0.05) is 28.7 Å². The van der Waals surface area contributed by atoms with Gasteiger partial charge in [0.25, 0.3) is 0 Å².